The van der Waals surface area contributed by atoms with E-state index in [1.807, 2.05) is 50.2 Å². The Bertz CT molecular complexity index is 695. The van der Waals surface area contributed by atoms with E-state index in [1.165, 1.54) is 0 Å². The molecule has 0 fully saturated rings. The van der Waals surface area contributed by atoms with Gasteiger partial charge in [0.15, 0.2) is 0 Å². The minimum absolute atomic E-state index is 0.407. The van der Waals surface area contributed by atoms with E-state index in [9.17, 15) is 0 Å². The lowest BCUT2D eigenvalue weighted by Gasteiger charge is -2.42. The van der Waals surface area contributed by atoms with E-state index >= 15 is 0 Å². The number of benzene rings is 2. The van der Waals surface area contributed by atoms with Crippen molar-refractivity contribution in [2.24, 2.45) is 0 Å². The van der Waals surface area contributed by atoms with Crippen LogP contribution in [-0.4, -0.2) is 9.49 Å². The molecule has 0 aliphatic carbocycles. The molecule has 0 aliphatic rings. The van der Waals surface area contributed by atoms with E-state index in [2.05, 4.69) is 38.1 Å². The molecule has 0 N–H and O–H groups in total. The molecule has 0 aliphatic heterocycles. The normalized spacial score (nSPS) is 14.2. The van der Waals surface area contributed by atoms with Crippen molar-refractivity contribution in [2.45, 2.75) is 41.9 Å². The number of hydrogen-bond acceptors (Lipinski definition) is 4. The first-order valence-corrected chi connectivity index (χ1v) is 10.0. The number of hydrogen-bond donors (Lipinski definition) is 4. The lowest BCUT2D eigenvalue weighted by atomic mass is 9.77. The van der Waals surface area contributed by atoms with E-state index in [-0.39, 0.29) is 0 Å². The van der Waals surface area contributed by atoms with Gasteiger partial charge in [0.05, 0.1) is 4.75 Å². The maximum atomic E-state index is 5.27. The molecule has 0 unspecified atom stereocenters. The zero-order chi connectivity index (χ0) is 18.9. The third-order valence-corrected chi connectivity index (χ3v) is 6.32. The van der Waals surface area contributed by atoms with Crippen molar-refractivity contribution in [1.29, 1.82) is 0 Å². The maximum Gasteiger partial charge on any atom is 0.0862 e. The third-order valence-electron chi connectivity index (χ3n) is 4.17. The largest absolute Gasteiger partial charge is 0.168 e. The van der Waals surface area contributed by atoms with Crippen LogP contribution in [0, 0.1) is 0 Å². The Hall–Kier alpha value is -0.420. The minimum Gasteiger partial charge on any atom is -0.168 e. The van der Waals surface area contributed by atoms with Gasteiger partial charge in [-0.05, 0) is 49.3 Å². The molecular weight excluding hydrogens is 380 g/mol. The first kappa shape index (κ1) is 20.9. The highest BCUT2D eigenvalue weighted by Gasteiger charge is 2.43. The summed E-state index contributed by atoms with van der Waals surface area (Å²) in [6.45, 7) is 8.25. The van der Waals surface area contributed by atoms with E-state index in [0.717, 1.165) is 21.6 Å². The predicted molar refractivity (Wildman–Crippen MR) is 125 cm³/mol. The summed E-state index contributed by atoms with van der Waals surface area (Å²) in [7, 11) is 0. The summed E-state index contributed by atoms with van der Waals surface area (Å²) in [5, 5.41) is 0. The summed E-state index contributed by atoms with van der Waals surface area (Å²) in [6, 6.07) is 20.6. The molecule has 0 heterocycles. The highest BCUT2D eigenvalue weighted by molar-refractivity contribution is 7.88. The van der Waals surface area contributed by atoms with Crippen molar-refractivity contribution in [3.05, 3.63) is 82.3 Å². The van der Waals surface area contributed by atoms with Crippen LogP contribution in [-0.2, 0) is 4.75 Å². The molecule has 2 aromatic rings. The van der Waals surface area contributed by atoms with Crippen molar-refractivity contribution in [3.8, 4) is 0 Å². The van der Waals surface area contributed by atoms with Gasteiger partial charge < -0.3 is 0 Å². The molecule has 0 saturated carbocycles. The second-order valence-corrected chi connectivity index (χ2v) is 10.6. The van der Waals surface area contributed by atoms with Crippen molar-refractivity contribution >= 4 is 50.5 Å². The average molecular weight is 407 g/mol. The van der Waals surface area contributed by atoms with Crippen LogP contribution in [0.2, 0.25) is 0 Å². The van der Waals surface area contributed by atoms with Crippen LogP contribution in [0.15, 0.2) is 71.1 Å². The van der Waals surface area contributed by atoms with Crippen LogP contribution >= 0.6 is 50.5 Å². The SMILES string of the molecule is CC(C)(S)C(S)=C(C(C)(C)S)C(S)(c1ccccc1)c1ccccc1. The van der Waals surface area contributed by atoms with Gasteiger partial charge in [-0.3, -0.25) is 0 Å². The van der Waals surface area contributed by atoms with Gasteiger partial charge in [-0.25, -0.2) is 0 Å². The summed E-state index contributed by atoms with van der Waals surface area (Å²) >= 11 is 19.9. The standard InChI is InChI=1S/C21H26S4/c1-19(2,23)17(18(22)20(3,4)24)21(25,15-11-7-5-8-12-15)16-13-9-6-10-14-16/h5-14,22-25H,1-4H3. The molecule has 0 saturated heterocycles. The average Bonchev–Trinajstić information content (AvgIpc) is 2.54. The van der Waals surface area contributed by atoms with E-state index in [4.69, 9.17) is 50.5 Å². The van der Waals surface area contributed by atoms with Crippen molar-refractivity contribution in [2.75, 3.05) is 0 Å². The molecule has 0 nitrogen and oxygen atoms in total. The van der Waals surface area contributed by atoms with Gasteiger partial charge in [0.2, 0.25) is 0 Å². The molecule has 134 valence electrons. The Morgan fingerprint density at radius 3 is 1.28 bits per heavy atom. The Morgan fingerprint density at radius 2 is 1.00 bits per heavy atom. The predicted octanol–water partition coefficient (Wildman–Crippen LogP) is 6.46. The summed E-state index contributed by atoms with van der Waals surface area (Å²) in [5.41, 5.74) is 3.21. The van der Waals surface area contributed by atoms with Gasteiger partial charge in [0.25, 0.3) is 0 Å². The van der Waals surface area contributed by atoms with E-state index in [1.54, 1.807) is 0 Å². The van der Waals surface area contributed by atoms with Gasteiger partial charge in [-0.2, -0.15) is 37.9 Å². The van der Waals surface area contributed by atoms with Gasteiger partial charge in [-0.1, -0.05) is 60.7 Å². The summed E-state index contributed by atoms with van der Waals surface area (Å²) in [4.78, 5) is 0.888. The molecule has 2 aromatic carbocycles. The topological polar surface area (TPSA) is 0 Å². The Balaban J connectivity index is 2.92. The van der Waals surface area contributed by atoms with E-state index < -0.39 is 14.2 Å². The molecular formula is C21H26S4. The first-order valence-electron chi connectivity index (χ1n) is 8.22. The number of thiol groups is 4. The zero-order valence-electron chi connectivity index (χ0n) is 15.1. The second-order valence-electron chi connectivity index (χ2n) is 7.28. The Morgan fingerprint density at radius 1 is 0.640 bits per heavy atom. The Labute approximate surface area is 174 Å². The zero-order valence-corrected chi connectivity index (χ0v) is 18.6. The van der Waals surface area contributed by atoms with Crippen LogP contribution in [0.5, 0.6) is 0 Å². The molecule has 0 bridgehead atoms. The summed E-state index contributed by atoms with van der Waals surface area (Å²) in [6.07, 6.45) is 0. The molecule has 0 spiro atoms. The fraction of sp³-hybridized carbons (Fsp3) is 0.333. The third kappa shape index (κ3) is 4.47. The highest BCUT2D eigenvalue weighted by atomic mass is 32.1. The smallest absolute Gasteiger partial charge is 0.0862 e. The maximum absolute atomic E-state index is 5.27. The monoisotopic (exact) mass is 406 g/mol. The van der Waals surface area contributed by atoms with E-state index in [0.29, 0.717) is 0 Å². The van der Waals surface area contributed by atoms with Gasteiger partial charge in [-0.15, -0.1) is 12.6 Å². The van der Waals surface area contributed by atoms with Gasteiger partial charge in [0.1, 0.15) is 0 Å². The van der Waals surface area contributed by atoms with Gasteiger partial charge >= 0.3 is 0 Å². The highest BCUT2D eigenvalue weighted by Crippen LogP contribution is 2.52. The molecule has 2 rings (SSSR count). The molecule has 0 radical (unpaired) electrons. The van der Waals surface area contributed by atoms with Crippen LogP contribution < -0.4 is 0 Å². The van der Waals surface area contributed by atoms with Crippen molar-refractivity contribution in [1.82, 2.24) is 0 Å². The summed E-state index contributed by atoms with van der Waals surface area (Å²) < 4.78 is -1.51. The molecule has 4 heteroatoms. The minimum atomic E-state index is -0.662. The quantitative estimate of drug-likeness (QED) is 0.402. The van der Waals surface area contributed by atoms with Crippen LogP contribution in [0.25, 0.3) is 0 Å². The fourth-order valence-electron chi connectivity index (χ4n) is 3.02. The summed E-state index contributed by atoms with van der Waals surface area (Å²) in [5.74, 6) is 0. The van der Waals surface area contributed by atoms with Crippen LogP contribution in [0.4, 0.5) is 0 Å². The molecule has 0 atom stereocenters. The van der Waals surface area contributed by atoms with Gasteiger partial charge in [0, 0.05) is 9.49 Å². The second kappa shape index (κ2) is 7.67. The lowest BCUT2D eigenvalue weighted by molar-refractivity contribution is 0.697. The van der Waals surface area contributed by atoms with Crippen molar-refractivity contribution < 1.29 is 0 Å². The molecule has 0 aromatic heterocycles. The molecule has 25 heavy (non-hydrogen) atoms. The fourth-order valence-corrected chi connectivity index (χ4v) is 4.82. The van der Waals surface area contributed by atoms with Crippen molar-refractivity contribution in [3.63, 3.8) is 0 Å². The lowest BCUT2D eigenvalue weighted by Crippen LogP contribution is -2.36. The van der Waals surface area contributed by atoms with Crippen LogP contribution in [0.3, 0.4) is 0 Å². The number of rotatable bonds is 5. The van der Waals surface area contributed by atoms with Crippen LogP contribution in [0.1, 0.15) is 38.8 Å². The first-order chi connectivity index (χ1) is 11.5. The Kier molecular flexibility index (Phi) is 6.41. The molecule has 0 amide bonds.